The molecule has 0 aliphatic rings. The first-order valence-electron chi connectivity index (χ1n) is 7.51. The summed E-state index contributed by atoms with van der Waals surface area (Å²) in [7, 11) is 0. The van der Waals surface area contributed by atoms with E-state index in [0.29, 0.717) is 11.1 Å². The Morgan fingerprint density at radius 3 is 2.83 bits per heavy atom. The molecular weight excluding hydrogens is 320 g/mol. The van der Waals surface area contributed by atoms with Crippen molar-refractivity contribution in [2.45, 2.75) is 6.92 Å². The van der Waals surface area contributed by atoms with Crippen molar-refractivity contribution < 1.29 is 9.90 Å². The molecule has 0 radical (unpaired) electrons. The summed E-state index contributed by atoms with van der Waals surface area (Å²) < 4.78 is 1.02. The number of carbonyl (C=O) groups excluding carboxylic acids is 1. The van der Waals surface area contributed by atoms with Gasteiger partial charge in [-0.2, -0.15) is 0 Å². The lowest BCUT2D eigenvalue weighted by atomic mass is 10.0. The molecule has 118 valence electrons. The third-order valence-corrected chi connectivity index (χ3v) is 4.83. The van der Waals surface area contributed by atoms with E-state index < -0.39 is 0 Å². The highest BCUT2D eigenvalue weighted by atomic mass is 32.1. The zero-order valence-corrected chi connectivity index (χ0v) is 13.7. The fraction of sp³-hybridized carbons (Fsp3) is 0.0526. The van der Waals surface area contributed by atoms with Crippen LogP contribution in [0.3, 0.4) is 0 Å². The normalized spacial score (nSPS) is 11.0. The monoisotopic (exact) mass is 334 g/mol. The third-order valence-electron chi connectivity index (χ3n) is 3.90. The zero-order valence-electron chi connectivity index (χ0n) is 12.9. The summed E-state index contributed by atoms with van der Waals surface area (Å²) in [5.41, 5.74) is 1.86. The molecule has 0 atom stereocenters. The van der Waals surface area contributed by atoms with Crippen LogP contribution in [0.2, 0.25) is 0 Å². The van der Waals surface area contributed by atoms with Gasteiger partial charge in [0.25, 0.3) is 5.91 Å². The van der Waals surface area contributed by atoms with Gasteiger partial charge in [-0.1, -0.05) is 30.3 Å². The Hall–Kier alpha value is -2.92. The SMILES string of the molecule is Cc1nc2ccc(NC(=O)c3ccc4ccccc4c3O)cc2s1. The Bertz CT molecular complexity index is 1090. The van der Waals surface area contributed by atoms with Crippen LogP contribution in [0.1, 0.15) is 15.4 Å². The van der Waals surface area contributed by atoms with Crippen molar-refractivity contribution >= 4 is 43.9 Å². The van der Waals surface area contributed by atoms with Crippen LogP contribution in [0.25, 0.3) is 21.0 Å². The molecule has 1 heterocycles. The molecule has 0 unspecified atom stereocenters. The molecule has 2 N–H and O–H groups in total. The number of phenols is 1. The number of rotatable bonds is 2. The van der Waals surface area contributed by atoms with E-state index in [-0.39, 0.29) is 17.2 Å². The lowest BCUT2D eigenvalue weighted by Crippen LogP contribution is -2.12. The average molecular weight is 334 g/mol. The molecule has 4 rings (SSSR count). The van der Waals surface area contributed by atoms with E-state index in [1.165, 1.54) is 0 Å². The number of aromatic nitrogens is 1. The van der Waals surface area contributed by atoms with Crippen molar-refractivity contribution in [3.8, 4) is 5.75 Å². The number of nitrogens with zero attached hydrogens (tertiary/aromatic N) is 1. The molecule has 0 spiro atoms. The fourth-order valence-electron chi connectivity index (χ4n) is 2.75. The summed E-state index contributed by atoms with van der Waals surface area (Å²) >= 11 is 1.58. The van der Waals surface area contributed by atoms with Gasteiger partial charge in [0.05, 0.1) is 20.8 Å². The summed E-state index contributed by atoms with van der Waals surface area (Å²) in [6.45, 7) is 1.95. The summed E-state index contributed by atoms with van der Waals surface area (Å²) in [4.78, 5) is 16.9. The first kappa shape index (κ1) is 14.7. The smallest absolute Gasteiger partial charge is 0.259 e. The lowest BCUT2D eigenvalue weighted by Gasteiger charge is -2.09. The van der Waals surface area contributed by atoms with Crippen molar-refractivity contribution in [2.24, 2.45) is 0 Å². The van der Waals surface area contributed by atoms with Crippen LogP contribution in [0, 0.1) is 6.92 Å². The molecule has 1 amide bonds. The Labute approximate surface area is 142 Å². The van der Waals surface area contributed by atoms with Gasteiger partial charge in [-0.25, -0.2) is 4.98 Å². The van der Waals surface area contributed by atoms with Gasteiger partial charge in [-0.05, 0) is 36.6 Å². The highest BCUT2D eigenvalue weighted by molar-refractivity contribution is 7.18. The molecule has 4 aromatic rings. The van der Waals surface area contributed by atoms with E-state index in [0.717, 1.165) is 20.6 Å². The Balaban J connectivity index is 1.69. The number of phenolic OH excluding ortho intramolecular Hbond substituents is 1. The van der Waals surface area contributed by atoms with Gasteiger partial charge in [0.2, 0.25) is 0 Å². The molecule has 0 saturated carbocycles. The molecule has 3 aromatic carbocycles. The van der Waals surface area contributed by atoms with E-state index in [1.807, 2.05) is 49.4 Å². The van der Waals surface area contributed by atoms with E-state index in [4.69, 9.17) is 0 Å². The van der Waals surface area contributed by atoms with Gasteiger partial charge < -0.3 is 10.4 Å². The Morgan fingerprint density at radius 2 is 1.96 bits per heavy atom. The molecule has 0 saturated heterocycles. The van der Waals surface area contributed by atoms with E-state index in [9.17, 15) is 9.90 Å². The maximum Gasteiger partial charge on any atom is 0.259 e. The number of carbonyl (C=O) groups is 1. The minimum absolute atomic E-state index is 0.000290. The molecule has 4 nitrogen and oxygen atoms in total. The predicted molar refractivity (Wildman–Crippen MR) is 97.9 cm³/mol. The Kier molecular flexibility index (Phi) is 3.43. The highest BCUT2D eigenvalue weighted by Gasteiger charge is 2.14. The van der Waals surface area contributed by atoms with Gasteiger partial charge in [0.15, 0.2) is 0 Å². The number of benzene rings is 3. The highest BCUT2D eigenvalue weighted by Crippen LogP contribution is 2.30. The number of fused-ring (bicyclic) bond motifs is 2. The van der Waals surface area contributed by atoms with Crippen molar-refractivity contribution in [2.75, 3.05) is 5.32 Å². The largest absolute Gasteiger partial charge is 0.506 e. The van der Waals surface area contributed by atoms with E-state index >= 15 is 0 Å². The number of thiazole rings is 1. The third kappa shape index (κ3) is 2.49. The van der Waals surface area contributed by atoms with E-state index in [2.05, 4.69) is 10.3 Å². The summed E-state index contributed by atoms with van der Waals surface area (Å²) in [5.74, 6) is -0.334. The first-order chi connectivity index (χ1) is 11.6. The van der Waals surface area contributed by atoms with Crippen LogP contribution in [0.4, 0.5) is 5.69 Å². The van der Waals surface area contributed by atoms with Crippen molar-refractivity contribution in [3.63, 3.8) is 0 Å². The molecule has 0 aliphatic heterocycles. The summed E-state index contributed by atoms with van der Waals surface area (Å²) in [6.07, 6.45) is 0. The number of hydrogen-bond acceptors (Lipinski definition) is 4. The predicted octanol–water partition coefficient (Wildman–Crippen LogP) is 4.72. The number of anilines is 1. The van der Waals surface area contributed by atoms with Crippen molar-refractivity contribution in [1.29, 1.82) is 0 Å². The summed E-state index contributed by atoms with van der Waals surface area (Å²) in [5, 5.41) is 15.8. The topological polar surface area (TPSA) is 62.2 Å². The van der Waals surface area contributed by atoms with Crippen LogP contribution in [0.15, 0.2) is 54.6 Å². The molecule has 0 bridgehead atoms. The van der Waals surface area contributed by atoms with E-state index in [1.54, 1.807) is 23.5 Å². The molecule has 0 fully saturated rings. The van der Waals surface area contributed by atoms with Crippen LogP contribution >= 0.6 is 11.3 Å². The first-order valence-corrected chi connectivity index (χ1v) is 8.33. The molecule has 5 heteroatoms. The zero-order chi connectivity index (χ0) is 16.7. The molecular formula is C19H14N2O2S. The van der Waals surface area contributed by atoms with Crippen LogP contribution < -0.4 is 5.32 Å². The molecule has 24 heavy (non-hydrogen) atoms. The number of hydrogen-bond donors (Lipinski definition) is 2. The van der Waals surface area contributed by atoms with Crippen molar-refractivity contribution in [3.05, 3.63) is 65.2 Å². The second kappa shape index (κ2) is 5.62. The fourth-order valence-corrected chi connectivity index (χ4v) is 3.62. The number of amides is 1. The minimum Gasteiger partial charge on any atom is -0.506 e. The van der Waals surface area contributed by atoms with Crippen LogP contribution in [-0.2, 0) is 0 Å². The maximum atomic E-state index is 12.5. The lowest BCUT2D eigenvalue weighted by molar-refractivity contribution is 0.102. The van der Waals surface area contributed by atoms with Crippen molar-refractivity contribution in [1.82, 2.24) is 4.98 Å². The molecule has 0 aliphatic carbocycles. The maximum absolute atomic E-state index is 12.5. The number of aromatic hydroxyl groups is 1. The Morgan fingerprint density at radius 1 is 1.12 bits per heavy atom. The van der Waals surface area contributed by atoms with Gasteiger partial charge in [-0.15, -0.1) is 11.3 Å². The van der Waals surface area contributed by atoms with Gasteiger partial charge >= 0.3 is 0 Å². The standard InChI is InChI=1S/C19H14N2O2S/c1-11-20-16-9-7-13(10-17(16)24-11)21-19(23)15-8-6-12-4-2-3-5-14(12)18(15)22/h2-10,22H,1H3,(H,21,23). The average Bonchev–Trinajstić information content (AvgIpc) is 2.94. The van der Waals surface area contributed by atoms with Gasteiger partial charge in [0, 0.05) is 11.1 Å². The second-order valence-electron chi connectivity index (χ2n) is 5.55. The number of nitrogens with one attached hydrogen (secondary N) is 1. The van der Waals surface area contributed by atoms with Crippen LogP contribution in [0.5, 0.6) is 5.75 Å². The van der Waals surface area contributed by atoms with Gasteiger partial charge in [0.1, 0.15) is 5.75 Å². The van der Waals surface area contributed by atoms with Crippen LogP contribution in [-0.4, -0.2) is 16.0 Å². The van der Waals surface area contributed by atoms with Gasteiger partial charge in [-0.3, -0.25) is 4.79 Å². The second-order valence-corrected chi connectivity index (χ2v) is 6.79. The quantitative estimate of drug-likeness (QED) is 0.558. The minimum atomic E-state index is -0.334. The summed E-state index contributed by atoms with van der Waals surface area (Å²) in [6, 6.07) is 16.5. The molecule has 1 aromatic heterocycles. The number of aryl methyl sites for hydroxylation is 1.